The minimum atomic E-state index is 0.702. The van der Waals surface area contributed by atoms with Crippen molar-refractivity contribution in [2.24, 2.45) is 11.8 Å². The summed E-state index contributed by atoms with van der Waals surface area (Å²) in [7, 11) is 0. The molecule has 1 aliphatic carbocycles. The lowest BCUT2D eigenvalue weighted by molar-refractivity contribution is 0.690. The van der Waals surface area contributed by atoms with E-state index in [1.54, 1.807) is 0 Å². The fourth-order valence-corrected chi connectivity index (χ4v) is 1.49. The molecule has 0 bridgehead atoms. The Morgan fingerprint density at radius 3 is 2.64 bits per heavy atom. The predicted molar refractivity (Wildman–Crippen MR) is 50.5 cm³/mol. The minimum Gasteiger partial charge on any atom is -0.0773 e. The molecule has 0 amide bonds. The summed E-state index contributed by atoms with van der Waals surface area (Å²) >= 11 is 0. The van der Waals surface area contributed by atoms with Gasteiger partial charge in [-0.15, -0.1) is 0 Å². The third-order valence-electron chi connectivity index (χ3n) is 2.23. The van der Waals surface area contributed by atoms with E-state index in [-0.39, 0.29) is 0 Å². The molecule has 11 heavy (non-hydrogen) atoms. The molecule has 0 aliphatic heterocycles. The highest BCUT2D eigenvalue weighted by molar-refractivity contribution is 5.30. The first-order valence-electron chi connectivity index (χ1n) is 4.64. The maximum atomic E-state index is 2.41. The second-order valence-electron chi connectivity index (χ2n) is 3.63. The van der Waals surface area contributed by atoms with Gasteiger partial charge in [-0.05, 0) is 23.8 Å². The highest BCUT2D eigenvalue weighted by Crippen LogP contribution is 2.24. The first-order chi connectivity index (χ1) is 5.24. The Bertz CT molecular complexity index is 172. The van der Waals surface area contributed by atoms with Crippen LogP contribution in [0, 0.1) is 11.8 Å². The quantitative estimate of drug-likeness (QED) is 0.577. The Labute approximate surface area is 70.0 Å². The SMILES string of the molecule is CCCC1C=CC(C(C)C)=C1. The van der Waals surface area contributed by atoms with Crippen molar-refractivity contribution in [2.45, 2.75) is 33.6 Å². The second-order valence-corrected chi connectivity index (χ2v) is 3.63. The molecule has 0 aromatic heterocycles. The van der Waals surface area contributed by atoms with Gasteiger partial charge in [-0.25, -0.2) is 0 Å². The molecule has 0 aromatic rings. The van der Waals surface area contributed by atoms with Crippen molar-refractivity contribution in [1.29, 1.82) is 0 Å². The fraction of sp³-hybridized carbons (Fsp3) is 0.636. The maximum Gasteiger partial charge on any atom is -0.00445 e. The van der Waals surface area contributed by atoms with E-state index in [1.165, 1.54) is 18.4 Å². The average Bonchev–Trinajstić information content (AvgIpc) is 2.37. The Morgan fingerprint density at radius 2 is 2.18 bits per heavy atom. The smallest absolute Gasteiger partial charge is 0.00445 e. The number of rotatable bonds is 3. The molecular weight excluding hydrogens is 132 g/mol. The molecular formula is C11H18. The standard InChI is InChI=1S/C11H18/c1-4-5-10-6-7-11(8-10)9(2)3/h6-10H,4-5H2,1-3H3. The number of hydrogen-bond donors (Lipinski definition) is 0. The summed E-state index contributed by atoms with van der Waals surface area (Å²) in [5.41, 5.74) is 1.52. The van der Waals surface area contributed by atoms with E-state index in [4.69, 9.17) is 0 Å². The summed E-state index contributed by atoms with van der Waals surface area (Å²) in [6.07, 6.45) is 9.63. The summed E-state index contributed by atoms with van der Waals surface area (Å²) in [6.45, 7) is 6.75. The third-order valence-corrected chi connectivity index (χ3v) is 2.23. The van der Waals surface area contributed by atoms with Crippen LogP contribution in [0.1, 0.15) is 33.6 Å². The van der Waals surface area contributed by atoms with Gasteiger partial charge in [0.1, 0.15) is 0 Å². The van der Waals surface area contributed by atoms with E-state index in [9.17, 15) is 0 Å². The number of hydrogen-bond acceptors (Lipinski definition) is 0. The van der Waals surface area contributed by atoms with Gasteiger partial charge in [-0.3, -0.25) is 0 Å². The van der Waals surface area contributed by atoms with Crippen LogP contribution in [0.5, 0.6) is 0 Å². The van der Waals surface area contributed by atoms with Gasteiger partial charge in [-0.1, -0.05) is 45.4 Å². The van der Waals surface area contributed by atoms with E-state index in [2.05, 4.69) is 39.0 Å². The van der Waals surface area contributed by atoms with Crippen LogP contribution in [0.4, 0.5) is 0 Å². The minimum absolute atomic E-state index is 0.702. The molecule has 1 aliphatic rings. The maximum absolute atomic E-state index is 2.41. The topological polar surface area (TPSA) is 0 Å². The van der Waals surface area contributed by atoms with Crippen molar-refractivity contribution in [3.63, 3.8) is 0 Å². The van der Waals surface area contributed by atoms with Crippen LogP contribution in [-0.2, 0) is 0 Å². The Morgan fingerprint density at radius 1 is 1.45 bits per heavy atom. The summed E-state index contributed by atoms with van der Waals surface area (Å²) in [6, 6.07) is 0. The Balaban J connectivity index is 2.49. The monoisotopic (exact) mass is 150 g/mol. The van der Waals surface area contributed by atoms with Crippen molar-refractivity contribution in [1.82, 2.24) is 0 Å². The predicted octanol–water partition coefficient (Wildman–Crippen LogP) is 3.55. The molecule has 0 nitrogen and oxygen atoms in total. The van der Waals surface area contributed by atoms with Crippen molar-refractivity contribution < 1.29 is 0 Å². The van der Waals surface area contributed by atoms with Gasteiger partial charge in [0.2, 0.25) is 0 Å². The highest BCUT2D eigenvalue weighted by Gasteiger charge is 2.09. The first-order valence-corrected chi connectivity index (χ1v) is 4.64. The van der Waals surface area contributed by atoms with Crippen LogP contribution < -0.4 is 0 Å². The zero-order valence-electron chi connectivity index (χ0n) is 7.80. The van der Waals surface area contributed by atoms with E-state index < -0.39 is 0 Å². The molecule has 0 radical (unpaired) electrons. The summed E-state index contributed by atoms with van der Waals surface area (Å²) in [5.74, 6) is 1.44. The third kappa shape index (κ3) is 2.21. The average molecular weight is 150 g/mol. The fourth-order valence-electron chi connectivity index (χ4n) is 1.49. The van der Waals surface area contributed by atoms with Gasteiger partial charge in [0.25, 0.3) is 0 Å². The van der Waals surface area contributed by atoms with E-state index >= 15 is 0 Å². The van der Waals surface area contributed by atoms with Crippen LogP contribution in [0.3, 0.4) is 0 Å². The van der Waals surface area contributed by atoms with E-state index in [0.29, 0.717) is 5.92 Å². The zero-order chi connectivity index (χ0) is 8.27. The summed E-state index contributed by atoms with van der Waals surface area (Å²) in [5, 5.41) is 0. The van der Waals surface area contributed by atoms with Crippen molar-refractivity contribution in [3.05, 3.63) is 23.8 Å². The van der Waals surface area contributed by atoms with Crippen LogP contribution >= 0.6 is 0 Å². The summed E-state index contributed by atoms with van der Waals surface area (Å²) in [4.78, 5) is 0. The van der Waals surface area contributed by atoms with Gasteiger partial charge in [0.05, 0.1) is 0 Å². The zero-order valence-corrected chi connectivity index (χ0v) is 7.80. The number of allylic oxidation sites excluding steroid dienone is 4. The van der Waals surface area contributed by atoms with Gasteiger partial charge in [0.15, 0.2) is 0 Å². The van der Waals surface area contributed by atoms with Gasteiger partial charge >= 0.3 is 0 Å². The molecule has 1 rings (SSSR count). The first kappa shape index (κ1) is 8.58. The van der Waals surface area contributed by atoms with Crippen molar-refractivity contribution in [3.8, 4) is 0 Å². The van der Waals surface area contributed by atoms with Crippen molar-refractivity contribution in [2.75, 3.05) is 0 Å². The lowest BCUT2D eigenvalue weighted by Crippen LogP contribution is -1.90. The molecule has 0 heteroatoms. The molecule has 0 N–H and O–H groups in total. The van der Waals surface area contributed by atoms with Crippen LogP contribution in [0.25, 0.3) is 0 Å². The molecule has 1 unspecified atom stereocenters. The van der Waals surface area contributed by atoms with Gasteiger partial charge < -0.3 is 0 Å². The van der Waals surface area contributed by atoms with Crippen LogP contribution in [0.15, 0.2) is 23.8 Å². The molecule has 62 valence electrons. The normalized spacial score (nSPS) is 22.9. The lowest BCUT2D eigenvalue weighted by Gasteiger charge is -2.03. The lowest BCUT2D eigenvalue weighted by atomic mass is 10.0. The molecule has 0 aromatic carbocycles. The molecule has 0 fully saturated rings. The molecule has 0 saturated carbocycles. The van der Waals surface area contributed by atoms with Crippen molar-refractivity contribution >= 4 is 0 Å². The van der Waals surface area contributed by atoms with Crippen LogP contribution in [-0.4, -0.2) is 0 Å². The van der Waals surface area contributed by atoms with E-state index in [1.807, 2.05) is 0 Å². The molecule has 0 heterocycles. The molecule has 1 atom stereocenters. The second kappa shape index (κ2) is 3.75. The van der Waals surface area contributed by atoms with E-state index in [0.717, 1.165) is 5.92 Å². The summed E-state index contributed by atoms with van der Waals surface area (Å²) < 4.78 is 0. The highest BCUT2D eigenvalue weighted by atomic mass is 14.1. The Kier molecular flexibility index (Phi) is 2.92. The molecule has 0 spiro atoms. The largest absolute Gasteiger partial charge is 0.0773 e. The Hall–Kier alpha value is -0.520. The van der Waals surface area contributed by atoms with Gasteiger partial charge in [-0.2, -0.15) is 0 Å². The molecule has 0 saturated heterocycles. The van der Waals surface area contributed by atoms with Crippen LogP contribution in [0.2, 0.25) is 0 Å². The van der Waals surface area contributed by atoms with Gasteiger partial charge in [0, 0.05) is 0 Å².